The second-order valence-corrected chi connectivity index (χ2v) is 8.56. The molecule has 7 heteroatoms. The molecular formula is C21H31N3O3S. The lowest BCUT2D eigenvalue weighted by Crippen LogP contribution is -2.34. The van der Waals surface area contributed by atoms with E-state index in [4.69, 9.17) is 9.72 Å². The van der Waals surface area contributed by atoms with Crippen molar-refractivity contribution in [2.75, 3.05) is 13.1 Å². The second kappa shape index (κ2) is 9.18. The van der Waals surface area contributed by atoms with Crippen LogP contribution in [0.3, 0.4) is 0 Å². The van der Waals surface area contributed by atoms with Gasteiger partial charge in [0.2, 0.25) is 0 Å². The van der Waals surface area contributed by atoms with E-state index in [2.05, 4.69) is 18.7 Å². The standard InChI is InChI=1S/C21H31N3O3S/c1-5-14(4)27-18(25)13-24-17(12-23(6-2)7-3)22-20-19(21(24)26)15-10-8-9-11-16(15)28-20/h14H,5-13H2,1-4H3. The second-order valence-electron chi connectivity index (χ2n) is 7.48. The van der Waals surface area contributed by atoms with Crippen LogP contribution in [0, 0.1) is 0 Å². The topological polar surface area (TPSA) is 64.4 Å². The molecule has 0 saturated heterocycles. The van der Waals surface area contributed by atoms with E-state index < -0.39 is 0 Å². The molecule has 0 aliphatic heterocycles. The summed E-state index contributed by atoms with van der Waals surface area (Å²) in [5, 5.41) is 0.722. The van der Waals surface area contributed by atoms with Crippen LogP contribution in [-0.2, 0) is 35.5 Å². The van der Waals surface area contributed by atoms with Crippen LogP contribution in [0.15, 0.2) is 4.79 Å². The molecular weight excluding hydrogens is 374 g/mol. The number of esters is 1. The number of thiophene rings is 1. The highest BCUT2D eigenvalue weighted by Gasteiger charge is 2.24. The molecule has 6 nitrogen and oxygen atoms in total. The van der Waals surface area contributed by atoms with Crippen molar-refractivity contribution in [1.29, 1.82) is 0 Å². The molecule has 0 radical (unpaired) electrons. The van der Waals surface area contributed by atoms with Crippen LogP contribution in [0.4, 0.5) is 0 Å². The van der Waals surface area contributed by atoms with E-state index in [9.17, 15) is 9.59 Å². The Morgan fingerprint density at radius 2 is 1.96 bits per heavy atom. The molecule has 0 amide bonds. The van der Waals surface area contributed by atoms with E-state index in [1.54, 1.807) is 15.9 Å². The third-order valence-corrected chi connectivity index (χ3v) is 6.79. The first kappa shape index (κ1) is 21.0. The van der Waals surface area contributed by atoms with Crippen LogP contribution in [0.25, 0.3) is 10.2 Å². The number of rotatable bonds is 8. The van der Waals surface area contributed by atoms with Gasteiger partial charge in [-0.05, 0) is 57.7 Å². The van der Waals surface area contributed by atoms with E-state index in [1.165, 1.54) is 11.3 Å². The van der Waals surface area contributed by atoms with Gasteiger partial charge in [-0.25, -0.2) is 4.98 Å². The fourth-order valence-electron chi connectivity index (χ4n) is 3.69. The number of carbonyl (C=O) groups excluding carboxylic acids is 1. The van der Waals surface area contributed by atoms with Crippen LogP contribution < -0.4 is 5.56 Å². The molecule has 1 aliphatic carbocycles. The minimum Gasteiger partial charge on any atom is -0.461 e. The maximum absolute atomic E-state index is 13.4. The molecule has 3 rings (SSSR count). The Bertz CT molecular complexity index is 898. The average molecular weight is 406 g/mol. The quantitative estimate of drug-likeness (QED) is 0.629. The average Bonchev–Trinajstić information content (AvgIpc) is 3.06. The molecule has 0 bridgehead atoms. The number of hydrogen-bond donors (Lipinski definition) is 0. The smallest absolute Gasteiger partial charge is 0.326 e. The van der Waals surface area contributed by atoms with E-state index in [-0.39, 0.29) is 24.2 Å². The number of nitrogens with zero attached hydrogens (tertiary/aromatic N) is 3. The number of aromatic nitrogens is 2. The Balaban J connectivity index is 2.07. The Morgan fingerprint density at radius 1 is 1.25 bits per heavy atom. The van der Waals surface area contributed by atoms with Crippen LogP contribution >= 0.6 is 11.3 Å². The molecule has 0 saturated carbocycles. The molecule has 154 valence electrons. The maximum Gasteiger partial charge on any atom is 0.326 e. The first-order valence-electron chi connectivity index (χ1n) is 10.4. The number of fused-ring (bicyclic) bond motifs is 3. The first-order chi connectivity index (χ1) is 13.5. The number of hydrogen-bond acceptors (Lipinski definition) is 6. The lowest BCUT2D eigenvalue weighted by molar-refractivity contribution is -0.149. The molecule has 0 fully saturated rings. The van der Waals surface area contributed by atoms with Gasteiger partial charge < -0.3 is 4.74 Å². The highest BCUT2D eigenvalue weighted by atomic mass is 32.1. The van der Waals surface area contributed by atoms with Crippen molar-refractivity contribution in [2.24, 2.45) is 0 Å². The van der Waals surface area contributed by atoms with Gasteiger partial charge in [0.25, 0.3) is 5.56 Å². The lowest BCUT2D eigenvalue weighted by atomic mass is 9.97. The molecule has 1 aliphatic rings. The fourth-order valence-corrected chi connectivity index (χ4v) is 4.96. The normalized spacial score (nSPS) is 15.0. The molecule has 1 atom stereocenters. The van der Waals surface area contributed by atoms with Gasteiger partial charge >= 0.3 is 5.97 Å². The van der Waals surface area contributed by atoms with Gasteiger partial charge in [-0.1, -0.05) is 20.8 Å². The predicted molar refractivity (Wildman–Crippen MR) is 113 cm³/mol. The van der Waals surface area contributed by atoms with Crippen LogP contribution in [0.2, 0.25) is 0 Å². The van der Waals surface area contributed by atoms with E-state index in [0.717, 1.165) is 54.6 Å². The summed E-state index contributed by atoms with van der Waals surface area (Å²) in [6.07, 6.45) is 4.83. The summed E-state index contributed by atoms with van der Waals surface area (Å²) in [6, 6.07) is 0. The summed E-state index contributed by atoms with van der Waals surface area (Å²) in [6.45, 7) is 10.2. The van der Waals surface area contributed by atoms with E-state index >= 15 is 0 Å². The van der Waals surface area contributed by atoms with Crippen LogP contribution in [-0.4, -0.2) is 39.6 Å². The minimum atomic E-state index is -0.373. The van der Waals surface area contributed by atoms with E-state index in [0.29, 0.717) is 12.4 Å². The summed E-state index contributed by atoms with van der Waals surface area (Å²) < 4.78 is 6.99. The highest BCUT2D eigenvalue weighted by molar-refractivity contribution is 7.18. The number of ether oxygens (including phenoxy) is 1. The summed E-state index contributed by atoms with van der Waals surface area (Å²) in [4.78, 5) is 35.1. The van der Waals surface area contributed by atoms with Gasteiger partial charge in [0.15, 0.2) is 0 Å². The van der Waals surface area contributed by atoms with Gasteiger partial charge in [-0.2, -0.15) is 0 Å². The molecule has 2 aromatic rings. The Kier molecular flexibility index (Phi) is 6.88. The van der Waals surface area contributed by atoms with E-state index in [1.807, 2.05) is 13.8 Å². The maximum atomic E-state index is 13.4. The summed E-state index contributed by atoms with van der Waals surface area (Å²) in [5.74, 6) is 0.281. The SMILES string of the molecule is CCC(C)OC(=O)Cn1c(CN(CC)CC)nc2sc3c(c2c1=O)CCCC3. The minimum absolute atomic E-state index is 0.0761. The summed E-state index contributed by atoms with van der Waals surface area (Å²) >= 11 is 1.65. The zero-order valence-electron chi connectivity index (χ0n) is 17.4. The molecule has 0 spiro atoms. The van der Waals surface area contributed by atoms with Gasteiger partial charge in [0, 0.05) is 4.88 Å². The molecule has 2 aromatic heterocycles. The highest BCUT2D eigenvalue weighted by Crippen LogP contribution is 2.33. The predicted octanol–water partition coefficient (Wildman–Crippen LogP) is 3.52. The van der Waals surface area contributed by atoms with Gasteiger partial charge in [0.1, 0.15) is 17.2 Å². The van der Waals surface area contributed by atoms with Gasteiger partial charge in [-0.15, -0.1) is 11.3 Å². The van der Waals surface area contributed by atoms with Gasteiger partial charge in [-0.3, -0.25) is 19.1 Å². The molecule has 28 heavy (non-hydrogen) atoms. The first-order valence-corrected chi connectivity index (χ1v) is 11.3. The summed E-state index contributed by atoms with van der Waals surface area (Å²) in [7, 11) is 0. The van der Waals surface area contributed by atoms with Crippen molar-refractivity contribution in [3.05, 3.63) is 26.6 Å². The Labute approximate surface area is 170 Å². The Hall–Kier alpha value is -1.73. The van der Waals surface area contributed by atoms with Crippen LogP contribution in [0.1, 0.15) is 63.2 Å². The van der Waals surface area contributed by atoms with Gasteiger partial charge in [0.05, 0.1) is 18.0 Å². The third kappa shape index (κ3) is 4.30. The molecule has 1 unspecified atom stereocenters. The van der Waals surface area contributed by atoms with Crippen molar-refractivity contribution in [3.8, 4) is 0 Å². The van der Waals surface area contributed by atoms with Crippen molar-refractivity contribution in [2.45, 2.75) is 79.0 Å². The number of carbonyl (C=O) groups is 1. The van der Waals surface area contributed by atoms with Crippen LogP contribution in [0.5, 0.6) is 0 Å². The van der Waals surface area contributed by atoms with Crippen molar-refractivity contribution >= 4 is 27.5 Å². The van der Waals surface area contributed by atoms with Crippen molar-refractivity contribution in [1.82, 2.24) is 14.5 Å². The lowest BCUT2D eigenvalue weighted by Gasteiger charge is -2.20. The van der Waals surface area contributed by atoms with Crippen molar-refractivity contribution < 1.29 is 9.53 Å². The van der Waals surface area contributed by atoms with Crippen molar-refractivity contribution in [3.63, 3.8) is 0 Å². The zero-order valence-corrected chi connectivity index (χ0v) is 18.2. The monoisotopic (exact) mass is 405 g/mol. The fraction of sp³-hybridized carbons (Fsp3) is 0.667. The summed E-state index contributed by atoms with van der Waals surface area (Å²) in [5.41, 5.74) is 1.06. The zero-order chi connectivity index (χ0) is 20.3. The number of aryl methyl sites for hydroxylation is 2. The molecule has 0 N–H and O–H groups in total. The largest absolute Gasteiger partial charge is 0.461 e. The molecule has 0 aromatic carbocycles. The third-order valence-electron chi connectivity index (χ3n) is 5.61. The molecule has 2 heterocycles. The Morgan fingerprint density at radius 3 is 2.64 bits per heavy atom.